The number of pyridine rings is 1. The minimum atomic E-state index is -4.83. The fourth-order valence-corrected chi connectivity index (χ4v) is 5.04. The summed E-state index contributed by atoms with van der Waals surface area (Å²) in [6.07, 6.45) is -0.693. The number of hydrogen-bond acceptors (Lipinski definition) is 11. The normalized spacial score (nSPS) is 14.0. The van der Waals surface area contributed by atoms with Gasteiger partial charge < -0.3 is 30.5 Å². The van der Waals surface area contributed by atoms with E-state index < -0.39 is 28.9 Å². The van der Waals surface area contributed by atoms with Crippen LogP contribution in [0.3, 0.4) is 0 Å². The number of carbonyl (C=O) groups is 1. The Bertz CT molecular complexity index is 1730. The van der Waals surface area contributed by atoms with Gasteiger partial charge in [0.15, 0.2) is 14.2 Å². The second kappa shape index (κ2) is 13.8. The molecule has 5 rings (SSSR count). The molecule has 4 heterocycles. The largest absolute Gasteiger partial charge is 0.495 e. The first-order valence-corrected chi connectivity index (χ1v) is 15.0. The van der Waals surface area contributed by atoms with Gasteiger partial charge in [0, 0.05) is 24.5 Å². The first-order valence-electron chi connectivity index (χ1n) is 14.0. The molecule has 46 heavy (non-hydrogen) atoms. The maximum Gasteiger partial charge on any atom is 0.421 e. The summed E-state index contributed by atoms with van der Waals surface area (Å²) >= 11 is 0. The van der Waals surface area contributed by atoms with Crippen molar-refractivity contribution in [3.8, 4) is 17.0 Å². The predicted molar refractivity (Wildman–Crippen MR) is 162 cm³/mol. The molecule has 242 valence electrons. The van der Waals surface area contributed by atoms with Crippen molar-refractivity contribution >= 4 is 37.5 Å². The van der Waals surface area contributed by atoms with Gasteiger partial charge >= 0.3 is 6.18 Å². The quantitative estimate of drug-likeness (QED) is 0.146. The number of ether oxygens (including phenoxy) is 2. The fourth-order valence-electron chi connectivity index (χ4n) is 4.69. The van der Waals surface area contributed by atoms with Gasteiger partial charge in [0.25, 0.3) is 5.91 Å². The van der Waals surface area contributed by atoms with Crippen molar-refractivity contribution < 1.29 is 37.1 Å². The molecule has 1 aliphatic rings. The van der Waals surface area contributed by atoms with Gasteiger partial charge in [0.2, 0.25) is 5.95 Å². The van der Waals surface area contributed by atoms with Crippen LogP contribution >= 0.6 is 8.46 Å². The molecular weight excluding hydrogens is 628 g/mol. The summed E-state index contributed by atoms with van der Waals surface area (Å²) in [4.78, 5) is 25.5. The molecule has 1 saturated heterocycles. The maximum absolute atomic E-state index is 14.1. The number of aromatic nitrogens is 5. The third kappa shape index (κ3) is 7.25. The van der Waals surface area contributed by atoms with Crippen molar-refractivity contribution in [2.24, 2.45) is 5.41 Å². The minimum Gasteiger partial charge on any atom is -0.495 e. The highest BCUT2D eigenvalue weighted by Crippen LogP contribution is 2.37. The Hall–Kier alpha value is -4.66. The van der Waals surface area contributed by atoms with Crippen molar-refractivity contribution in [2.75, 3.05) is 44.1 Å². The monoisotopic (exact) mass is 658 g/mol. The first-order chi connectivity index (χ1) is 22.1. The molecule has 0 spiro atoms. The molecule has 4 aromatic rings. The number of hydrogen-bond donors (Lipinski definition) is 4. The Morgan fingerprint density at radius 1 is 1.15 bits per heavy atom. The lowest BCUT2D eigenvalue weighted by molar-refractivity contribution is -0.146. The summed E-state index contributed by atoms with van der Waals surface area (Å²) in [6.45, 7) is 3.10. The van der Waals surface area contributed by atoms with Crippen LogP contribution in [0.15, 0.2) is 48.9 Å². The topological polar surface area (TPSA) is 165 Å². The van der Waals surface area contributed by atoms with Crippen LogP contribution in [0.5, 0.6) is 5.75 Å². The minimum absolute atomic E-state index is 0.0261. The van der Waals surface area contributed by atoms with Crippen LogP contribution in [-0.4, -0.2) is 69.2 Å². The van der Waals surface area contributed by atoms with Crippen molar-refractivity contribution in [3.05, 3.63) is 65.7 Å². The number of aliphatic hydroxyl groups is 1. The Morgan fingerprint density at radius 3 is 2.59 bits per heavy atom. The SMILES string of the molecule is CCNC(=O)c1nc(-c2cnn(CC3(CO)COC3)c2)ccc1Nc1nc(Nc2ccc(CP=O)cc2OC)ncc1C(F)(F)F. The van der Waals surface area contributed by atoms with Gasteiger partial charge in [-0.1, -0.05) is 6.07 Å². The highest BCUT2D eigenvalue weighted by Gasteiger charge is 2.39. The average molecular weight is 659 g/mol. The number of amides is 1. The van der Waals surface area contributed by atoms with E-state index >= 15 is 0 Å². The molecular formula is C29H30F3N8O5P. The zero-order valence-corrected chi connectivity index (χ0v) is 25.7. The molecule has 1 amide bonds. The van der Waals surface area contributed by atoms with Crippen molar-refractivity contribution in [3.63, 3.8) is 0 Å². The van der Waals surface area contributed by atoms with Crippen LogP contribution in [0.1, 0.15) is 28.5 Å². The van der Waals surface area contributed by atoms with Crippen LogP contribution in [0.25, 0.3) is 11.3 Å². The van der Waals surface area contributed by atoms with Gasteiger partial charge in [-0.15, -0.1) is 0 Å². The number of nitrogens with zero attached hydrogens (tertiary/aromatic N) is 5. The predicted octanol–water partition coefficient (Wildman–Crippen LogP) is 4.80. The molecule has 0 saturated carbocycles. The lowest BCUT2D eigenvalue weighted by Gasteiger charge is -2.39. The number of aliphatic hydroxyl groups excluding tert-OH is 1. The van der Waals surface area contributed by atoms with Gasteiger partial charge in [-0.2, -0.15) is 23.3 Å². The Balaban J connectivity index is 1.47. The van der Waals surface area contributed by atoms with Crippen LogP contribution in [0, 0.1) is 5.41 Å². The number of alkyl halides is 3. The number of anilines is 4. The highest BCUT2D eigenvalue weighted by atomic mass is 31.1. The lowest BCUT2D eigenvalue weighted by Crippen LogP contribution is -2.48. The van der Waals surface area contributed by atoms with Gasteiger partial charge in [-0.05, 0) is 36.8 Å². The summed E-state index contributed by atoms with van der Waals surface area (Å²) in [7, 11) is 1.34. The summed E-state index contributed by atoms with van der Waals surface area (Å²) < 4.78 is 65.5. The van der Waals surface area contributed by atoms with Crippen LogP contribution < -0.4 is 20.7 Å². The zero-order chi connectivity index (χ0) is 32.9. The molecule has 4 N–H and O–H groups in total. The maximum atomic E-state index is 14.1. The van der Waals surface area contributed by atoms with Crippen LogP contribution in [0.4, 0.5) is 36.3 Å². The lowest BCUT2D eigenvalue weighted by atomic mass is 9.87. The highest BCUT2D eigenvalue weighted by molar-refractivity contribution is 7.22. The molecule has 13 nitrogen and oxygen atoms in total. The number of carbonyl (C=O) groups excluding carboxylic acids is 1. The van der Waals surface area contributed by atoms with Gasteiger partial charge in [0.1, 0.15) is 17.1 Å². The second-order valence-corrected chi connectivity index (χ2v) is 11.1. The molecule has 3 aromatic heterocycles. The Kier molecular flexibility index (Phi) is 9.79. The molecule has 1 aromatic carbocycles. The molecule has 0 radical (unpaired) electrons. The summed E-state index contributed by atoms with van der Waals surface area (Å²) in [5.41, 5.74) is 0.217. The number of nitrogens with one attached hydrogen (secondary N) is 3. The third-order valence-corrected chi connectivity index (χ3v) is 7.63. The van der Waals surface area contributed by atoms with E-state index in [1.165, 1.54) is 13.2 Å². The van der Waals surface area contributed by atoms with Gasteiger partial charge in [-0.3, -0.25) is 14.0 Å². The summed E-state index contributed by atoms with van der Waals surface area (Å²) in [6, 6.07) is 7.91. The second-order valence-electron chi connectivity index (χ2n) is 10.6. The molecule has 0 bridgehead atoms. The average Bonchev–Trinajstić information content (AvgIpc) is 3.48. The number of benzene rings is 1. The molecule has 0 unspecified atom stereocenters. The van der Waals surface area contributed by atoms with E-state index in [1.807, 2.05) is 0 Å². The molecule has 1 fully saturated rings. The van der Waals surface area contributed by atoms with E-state index in [0.29, 0.717) is 48.6 Å². The van der Waals surface area contributed by atoms with E-state index in [0.717, 1.165) is 5.56 Å². The number of rotatable bonds is 13. The van der Waals surface area contributed by atoms with Crippen molar-refractivity contribution in [1.82, 2.24) is 30.0 Å². The third-order valence-electron chi connectivity index (χ3n) is 7.13. The molecule has 17 heteroatoms. The van der Waals surface area contributed by atoms with E-state index in [9.17, 15) is 27.6 Å². The Morgan fingerprint density at radius 2 is 1.93 bits per heavy atom. The van der Waals surface area contributed by atoms with E-state index in [-0.39, 0.29) is 45.1 Å². The standard InChI is InChI=1S/C29H30F3N8O5P/c1-3-33-26(42)24-22(7-6-20(36-24)18-9-35-40(11-18)13-28(14-41)15-45-16-28)37-25-19(29(30,31)32)10-34-27(39-25)38-21-5-4-17(12-46-43)8-23(21)44-2/h4-11,41H,3,12-16H2,1-2H3,(H,33,42)(H2,34,37,38,39). The smallest absolute Gasteiger partial charge is 0.421 e. The van der Waals surface area contributed by atoms with Crippen LogP contribution in [0.2, 0.25) is 0 Å². The van der Waals surface area contributed by atoms with E-state index in [2.05, 4.69) is 36.0 Å². The zero-order valence-electron chi connectivity index (χ0n) is 24.8. The van der Waals surface area contributed by atoms with E-state index in [1.54, 1.807) is 48.3 Å². The summed E-state index contributed by atoms with van der Waals surface area (Å²) in [5.74, 6) is -1.07. The summed E-state index contributed by atoms with van der Waals surface area (Å²) in [5, 5.41) is 22.2. The number of halogens is 3. The first kappa shape index (κ1) is 32.7. The van der Waals surface area contributed by atoms with Crippen molar-refractivity contribution in [2.45, 2.75) is 25.8 Å². The van der Waals surface area contributed by atoms with Crippen molar-refractivity contribution in [1.29, 1.82) is 0 Å². The van der Waals surface area contributed by atoms with Gasteiger partial charge in [-0.25, -0.2) is 9.97 Å². The fraction of sp³-hybridized carbons (Fsp3) is 0.345. The van der Waals surface area contributed by atoms with E-state index in [4.69, 9.17) is 9.47 Å². The molecule has 0 atom stereocenters. The Labute approximate surface area is 262 Å². The van der Waals surface area contributed by atoms with Crippen LogP contribution in [-0.2, 0) is 28.2 Å². The molecule has 1 aliphatic heterocycles. The number of methoxy groups -OCH3 is 1. The van der Waals surface area contributed by atoms with Gasteiger partial charge in [0.05, 0.1) is 68.3 Å². The molecule has 0 aliphatic carbocycles.